The first-order valence-electron chi connectivity index (χ1n) is 12.9. The number of imidazole rings is 1. The minimum atomic E-state index is -2.41. The van der Waals surface area contributed by atoms with Crippen LogP contribution in [0.4, 0.5) is 0 Å². The van der Waals surface area contributed by atoms with Gasteiger partial charge in [0.15, 0.2) is 0 Å². The van der Waals surface area contributed by atoms with Gasteiger partial charge in [0.25, 0.3) is 0 Å². The second-order valence-electron chi connectivity index (χ2n) is 9.86. The highest BCUT2D eigenvalue weighted by Crippen LogP contribution is 2.44. The quantitative estimate of drug-likeness (QED) is 0.179. The van der Waals surface area contributed by atoms with E-state index in [1.165, 1.54) is 26.8 Å². The third kappa shape index (κ3) is 3.32. The number of hydrogen-bond donors (Lipinski definition) is 0. The van der Waals surface area contributed by atoms with E-state index in [0.29, 0.717) is 0 Å². The number of aromatic nitrogens is 3. The predicted molar refractivity (Wildman–Crippen MR) is 169 cm³/mol. The van der Waals surface area contributed by atoms with Gasteiger partial charge in [0.1, 0.15) is 5.65 Å². The molecule has 5 heteroatoms. The summed E-state index contributed by atoms with van der Waals surface area (Å²) in [4.78, 5) is 9.56. The van der Waals surface area contributed by atoms with E-state index in [4.69, 9.17) is 16.8 Å². The highest BCUT2D eigenvalue weighted by molar-refractivity contribution is 8.25. The molecule has 5 aromatic carbocycles. The molecule has 8 aromatic rings. The first-order valence-corrected chi connectivity index (χ1v) is 15.7. The lowest BCUT2D eigenvalue weighted by Gasteiger charge is -2.25. The Kier molecular flexibility index (Phi) is 4.97. The van der Waals surface area contributed by atoms with Crippen LogP contribution in [0.5, 0.6) is 0 Å². The second kappa shape index (κ2) is 8.57. The van der Waals surface area contributed by atoms with Gasteiger partial charge in [0.05, 0.1) is 16.6 Å². The Hall–Kier alpha value is -4.37. The van der Waals surface area contributed by atoms with Crippen molar-refractivity contribution in [3.63, 3.8) is 0 Å². The highest BCUT2D eigenvalue weighted by Gasteiger charge is 2.26. The molecule has 0 radical (unpaired) electrons. The Balaban J connectivity index is 1.48. The van der Waals surface area contributed by atoms with E-state index in [0.717, 1.165) is 38.2 Å². The summed E-state index contributed by atoms with van der Waals surface area (Å²) in [5.74, 6) is 0. The first-order chi connectivity index (χ1) is 19.2. The van der Waals surface area contributed by atoms with Crippen molar-refractivity contribution in [1.82, 2.24) is 14.4 Å². The molecule has 3 nitrogen and oxygen atoms in total. The molecule has 0 saturated carbocycles. The van der Waals surface area contributed by atoms with Gasteiger partial charge in [-0.2, -0.15) is 0 Å². The molecule has 184 valence electrons. The third-order valence-corrected chi connectivity index (χ3v) is 12.6. The van der Waals surface area contributed by atoms with Crippen LogP contribution < -0.4 is 15.9 Å². The Bertz CT molecular complexity index is 2270. The van der Waals surface area contributed by atoms with Gasteiger partial charge in [-0.15, -0.1) is 0 Å². The largest absolute Gasteiger partial charge is 0.292 e. The molecular formula is C34H22N3PS. The van der Waals surface area contributed by atoms with E-state index in [-0.39, 0.29) is 0 Å². The van der Waals surface area contributed by atoms with E-state index in [2.05, 4.69) is 119 Å². The van der Waals surface area contributed by atoms with Crippen molar-refractivity contribution in [3.05, 3.63) is 134 Å². The number of para-hydroxylation sites is 3. The van der Waals surface area contributed by atoms with Gasteiger partial charge in [-0.1, -0.05) is 90.7 Å². The van der Waals surface area contributed by atoms with Gasteiger partial charge in [0.2, 0.25) is 0 Å². The molecule has 0 N–H and O–H groups in total. The molecule has 0 aliphatic rings. The summed E-state index contributed by atoms with van der Waals surface area (Å²) < 4.78 is 2.28. The number of benzene rings is 5. The summed E-state index contributed by atoms with van der Waals surface area (Å²) in [7, 11) is 0. The third-order valence-electron chi connectivity index (χ3n) is 7.71. The summed E-state index contributed by atoms with van der Waals surface area (Å²) >= 11 is 6.75. The fourth-order valence-corrected chi connectivity index (χ4v) is 9.48. The van der Waals surface area contributed by atoms with Gasteiger partial charge in [-0.3, -0.25) is 9.38 Å². The fraction of sp³-hybridized carbons (Fsp3) is 0. The zero-order valence-corrected chi connectivity index (χ0v) is 22.6. The molecule has 1 atom stereocenters. The lowest BCUT2D eigenvalue weighted by molar-refractivity contribution is 1.32. The second-order valence-corrected chi connectivity index (χ2v) is 14.3. The van der Waals surface area contributed by atoms with Gasteiger partial charge in [-0.25, -0.2) is 4.98 Å². The summed E-state index contributed by atoms with van der Waals surface area (Å²) in [5.41, 5.74) is 4.23. The van der Waals surface area contributed by atoms with Crippen molar-refractivity contribution in [3.8, 4) is 0 Å². The molecule has 39 heavy (non-hydrogen) atoms. The molecule has 3 aromatic heterocycles. The standard InChI is InChI=1S/C34H22N3PS/c39-38(27-10-7-19-35-22-27,25-16-15-23-8-1-2-9-24(23)20-25)26-17-18-29-30(21-26)28-11-3-5-13-32(28)37-33-14-6-4-12-31(33)36-34(29)37/h1-22H. The van der Waals surface area contributed by atoms with E-state index in [1.807, 2.05) is 24.5 Å². The Morgan fingerprint density at radius 3 is 2.18 bits per heavy atom. The predicted octanol–water partition coefficient (Wildman–Crippen LogP) is 7.10. The monoisotopic (exact) mass is 535 g/mol. The molecule has 0 spiro atoms. The van der Waals surface area contributed by atoms with Crippen LogP contribution in [0.2, 0.25) is 0 Å². The lowest BCUT2D eigenvalue weighted by atomic mass is 10.1. The van der Waals surface area contributed by atoms with Crippen molar-refractivity contribution in [2.24, 2.45) is 0 Å². The van der Waals surface area contributed by atoms with Crippen LogP contribution in [-0.2, 0) is 11.8 Å². The van der Waals surface area contributed by atoms with Crippen molar-refractivity contribution >= 4 is 82.9 Å². The molecule has 8 rings (SSSR count). The van der Waals surface area contributed by atoms with Crippen LogP contribution in [0.1, 0.15) is 0 Å². The van der Waals surface area contributed by atoms with Crippen LogP contribution in [0.3, 0.4) is 0 Å². The average Bonchev–Trinajstić information content (AvgIpc) is 3.41. The van der Waals surface area contributed by atoms with E-state index in [9.17, 15) is 0 Å². The number of fused-ring (bicyclic) bond motifs is 9. The summed E-state index contributed by atoms with van der Waals surface area (Å²) in [5, 5.41) is 9.31. The van der Waals surface area contributed by atoms with Gasteiger partial charge in [-0.05, 0) is 69.2 Å². The Morgan fingerprint density at radius 2 is 1.31 bits per heavy atom. The molecular weight excluding hydrogens is 513 g/mol. The lowest BCUT2D eigenvalue weighted by Crippen LogP contribution is -2.25. The van der Waals surface area contributed by atoms with Crippen molar-refractivity contribution in [2.45, 2.75) is 0 Å². The van der Waals surface area contributed by atoms with Gasteiger partial charge in [0, 0.05) is 34.5 Å². The number of pyridine rings is 2. The Morgan fingerprint density at radius 1 is 0.564 bits per heavy atom. The van der Waals surface area contributed by atoms with Gasteiger partial charge < -0.3 is 0 Å². The molecule has 0 bridgehead atoms. The summed E-state index contributed by atoms with van der Waals surface area (Å²) in [6, 6.07) is 40.6. The average molecular weight is 536 g/mol. The fourth-order valence-electron chi connectivity index (χ4n) is 5.85. The van der Waals surface area contributed by atoms with Crippen molar-refractivity contribution in [1.29, 1.82) is 0 Å². The molecule has 3 heterocycles. The summed E-state index contributed by atoms with van der Waals surface area (Å²) in [6.07, 6.45) is 3.76. The molecule has 0 saturated heterocycles. The molecule has 0 aliphatic heterocycles. The number of rotatable bonds is 3. The van der Waals surface area contributed by atoms with E-state index < -0.39 is 6.04 Å². The number of hydrogen-bond acceptors (Lipinski definition) is 3. The first kappa shape index (κ1) is 22.6. The zero-order chi connectivity index (χ0) is 26.0. The van der Waals surface area contributed by atoms with E-state index >= 15 is 0 Å². The molecule has 0 fully saturated rings. The smallest absolute Gasteiger partial charge is 0.146 e. The number of nitrogens with zero attached hydrogens (tertiary/aromatic N) is 3. The maximum Gasteiger partial charge on any atom is 0.146 e. The minimum absolute atomic E-state index is 0.969. The normalized spacial score (nSPS) is 13.4. The van der Waals surface area contributed by atoms with Crippen molar-refractivity contribution in [2.75, 3.05) is 0 Å². The van der Waals surface area contributed by atoms with Crippen LogP contribution >= 0.6 is 6.04 Å². The Labute approximate surface area is 230 Å². The van der Waals surface area contributed by atoms with Crippen molar-refractivity contribution < 1.29 is 0 Å². The molecule has 1 unspecified atom stereocenters. The molecule has 0 aliphatic carbocycles. The SMILES string of the molecule is S=P(c1cccnc1)(c1ccc2ccccc2c1)c1ccc2c(c1)c1ccccc1n1c3ccccc3nc21. The van der Waals surface area contributed by atoms with Crippen LogP contribution in [-0.4, -0.2) is 14.4 Å². The zero-order valence-electron chi connectivity index (χ0n) is 20.9. The molecule has 0 amide bonds. The van der Waals surface area contributed by atoms with E-state index in [1.54, 1.807) is 0 Å². The van der Waals surface area contributed by atoms with Crippen LogP contribution in [0.15, 0.2) is 134 Å². The summed E-state index contributed by atoms with van der Waals surface area (Å²) in [6.45, 7) is 0. The maximum absolute atomic E-state index is 6.75. The van der Waals surface area contributed by atoms with Crippen LogP contribution in [0, 0.1) is 0 Å². The van der Waals surface area contributed by atoms with Gasteiger partial charge >= 0.3 is 0 Å². The highest BCUT2D eigenvalue weighted by atomic mass is 32.4. The topological polar surface area (TPSA) is 30.2 Å². The maximum atomic E-state index is 6.75. The minimum Gasteiger partial charge on any atom is -0.292 e. The van der Waals surface area contributed by atoms with Crippen LogP contribution in [0.25, 0.3) is 49.1 Å².